The molecule has 1 fully saturated rings. The van der Waals surface area contributed by atoms with Gasteiger partial charge in [0, 0.05) is 17.9 Å². The predicted molar refractivity (Wildman–Crippen MR) is 64.0 cm³/mol. The second-order valence-corrected chi connectivity index (χ2v) is 5.01. The average molecular weight is 221 g/mol. The minimum absolute atomic E-state index is 0.173. The molecule has 0 radical (unpaired) electrons. The second-order valence-electron chi connectivity index (χ2n) is 3.86. The highest BCUT2D eigenvalue weighted by atomic mass is 32.2. The average Bonchev–Trinajstić information content (AvgIpc) is 2.43. The van der Waals surface area contributed by atoms with E-state index in [1.807, 2.05) is 17.8 Å². The van der Waals surface area contributed by atoms with E-state index in [0.717, 1.165) is 11.5 Å². The molecule has 0 saturated carbocycles. The maximum absolute atomic E-state index is 11.4. The van der Waals surface area contributed by atoms with E-state index in [-0.39, 0.29) is 11.9 Å². The lowest BCUT2D eigenvalue weighted by Gasteiger charge is -2.16. The highest BCUT2D eigenvalue weighted by Gasteiger charge is 2.17. The summed E-state index contributed by atoms with van der Waals surface area (Å²) in [5, 5.41) is 3.06. The molecule has 2 nitrogen and oxygen atoms in total. The molecular weight excluding hydrogens is 206 g/mol. The van der Waals surface area contributed by atoms with E-state index in [2.05, 4.69) is 30.4 Å². The fourth-order valence-electron chi connectivity index (χ4n) is 1.74. The standard InChI is InChI=1S/C12H15NOS/c1-9-3-2-4-10(7-9)11-8-15-6-5-12(14)13-11/h2-4,7,11H,5-6,8H2,1H3,(H,13,14). The molecule has 1 saturated heterocycles. The van der Waals surface area contributed by atoms with Gasteiger partial charge in [-0.25, -0.2) is 0 Å². The Morgan fingerprint density at radius 2 is 2.33 bits per heavy atom. The summed E-state index contributed by atoms with van der Waals surface area (Å²) in [6, 6.07) is 8.55. The van der Waals surface area contributed by atoms with Crippen LogP contribution in [0.2, 0.25) is 0 Å². The van der Waals surface area contributed by atoms with Gasteiger partial charge in [-0.3, -0.25) is 4.79 Å². The lowest BCUT2D eigenvalue weighted by Crippen LogP contribution is -2.27. The molecule has 1 aliphatic rings. The summed E-state index contributed by atoms with van der Waals surface area (Å²) in [5.74, 6) is 2.09. The van der Waals surface area contributed by atoms with Gasteiger partial charge < -0.3 is 5.32 Å². The van der Waals surface area contributed by atoms with Crippen molar-refractivity contribution in [1.82, 2.24) is 5.32 Å². The van der Waals surface area contributed by atoms with E-state index in [1.165, 1.54) is 11.1 Å². The zero-order valence-electron chi connectivity index (χ0n) is 8.82. The molecule has 80 valence electrons. The Kier molecular flexibility index (Phi) is 3.31. The van der Waals surface area contributed by atoms with E-state index < -0.39 is 0 Å². The van der Waals surface area contributed by atoms with Crippen LogP contribution in [0.1, 0.15) is 23.6 Å². The maximum atomic E-state index is 11.4. The number of hydrogen-bond donors (Lipinski definition) is 1. The van der Waals surface area contributed by atoms with Crippen LogP contribution in [0.3, 0.4) is 0 Å². The molecule has 2 rings (SSSR count). The molecule has 0 spiro atoms. The number of nitrogens with one attached hydrogen (secondary N) is 1. The van der Waals surface area contributed by atoms with Crippen LogP contribution in [0.25, 0.3) is 0 Å². The number of hydrogen-bond acceptors (Lipinski definition) is 2. The number of rotatable bonds is 1. The number of carbonyl (C=O) groups excluding carboxylic acids is 1. The number of amides is 1. The Bertz CT molecular complexity index is 364. The third kappa shape index (κ3) is 2.75. The maximum Gasteiger partial charge on any atom is 0.221 e. The van der Waals surface area contributed by atoms with Gasteiger partial charge in [-0.1, -0.05) is 29.8 Å². The van der Waals surface area contributed by atoms with Crippen LogP contribution in [-0.2, 0) is 4.79 Å². The molecule has 1 amide bonds. The van der Waals surface area contributed by atoms with Crippen molar-refractivity contribution in [3.63, 3.8) is 0 Å². The predicted octanol–water partition coefficient (Wildman–Crippen LogP) is 2.29. The first-order valence-electron chi connectivity index (χ1n) is 5.19. The Morgan fingerprint density at radius 1 is 1.47 bits per heavy atom. The quantitative estimate of drug-likeness (QED) is 0.788. The van der Waals surface area contributed by atoms with Crippen molar-refractivity contribution in [3.8, 4) is 0 Å². The monoisotopic (exact) mass is 221 g/mol. The SMILES string of the molecule is Cc1cccc(C2CSCCC(=O)N2)c1. The zero-order chi connectivity index (χ0) is 10.7. The molecule has 0 aliphatic carbocycles. The van der Waals surface area contributed by atoms with Gasteiger partial charge in [-0.05, 0) is 12.5 Å². The van der Waals surface area contributed by atoms with Gasteiger partial charge in [0.05, 0.1) is 6.04 Å². The minimum atomic E-state index is 0.173. The second kappa shape index (κ2) is 4.71. The topological polar surface area (TPSA) is 29.1 Å². The molecule has 15 heavy (non-hydrogen) atoms. The highest BCUT2D eigenvalue weighted by Crippen LogP contribution is 2.22. The zero-order valence-corrected chi connectivity index (χ0v) is 9.64. The Labute approximate surface area is 94.4 Å². The first-order valence-corrected chi connectivity index (χ1v) is 6.35. The largest absolute Gasteiger partial charge is 0.348 e. The lowest BCUT2D eigenvalue weighted by molar-refractivity contribution is -0.121. The van der Waals surface area contributed by atoms with E-state index in [1.54, 1.807) is 0 Å². The van der Waals surface area contributed by atoms with Crippen molar-refractivity contribution in [3.05, 3.63) is 35.4 Å². The van der Waals surface area contributed by atoms with Gasteiger partial charge >= 0.3 is 0 Å². The molecule has 3 heteroatoms. The smallest absolute Gasteiger partial charge is 0.221 e. The van der Waals surface area contributed by atoms with Crippen LogP contribution in [0, 0.1) is 6.92 Å². The molecule has 1 atom stereocenters. The first kappa shape index (κ1) is 10.6. The number of thioether (sulfide) groups is 1. The molecule has 1 aliphatic heterocycles. The fourth-order valence-corrected chi connectivity index (χ4v) is 2.75. The molecule has 0 bridgehead atoms. The summed E-state index contributed by atoms with van der Waals surface area (Å²) >= 11 is 1.84. The van der Waals surface area contributed by atoms with E-state index in [0.29, 0.717) is 6.42 Å². The first-order chi connectivity index (χ1) is 7.25. The van der Waals surface area contributed by atoms with Gasteiger partial charge in [0.2, 0.25) is 5.91 Å². The lowest BCUT2D eigenvalue weighted by atomic mass is 10.1. The summed E-state index contributed by atoms with van der Waals surface area (Å²) in [4.78, 5) is 11.4. The molecule has 1 aromatic carbocycles. The molecule has 1 N–H and O–H groups in total. The Balaban J connectivity index is 2.18. The Hall–Kier alpha value is -0.960. The van der Waals surface area contributed by atoms with Crippen LogP contribution < -0.4 is 5.32 Å². The summed E-state index contributed by atoms with van der Waals surface area (Å²) in [7, 11) is 0. The van der Waals surface area contributed by atoms with Crippen molar-refractivity contribution in [2.24, 2.45) is 0 Å². The van der Waals surface area contributed by atoms with Crippen LogP contribution in [0.15, 0.2) is 24.3 Å². The van der Waals surface area contributed by atoms with Crippen molar-refractivity contribution in [2.75, 3.05) is 11.5 Å². The molecule has 1 unspecified atom stereocenters. The minimum Gasteiger partial charge on any atom is -0.348 e. The van der Waals surface area contributed by atoms with Gasteiger partial charge in [-0.15, -0.1) is 0 Å². The molecule has 1 heterocycles. The van der Waals surface area contributed by atoms with E-state index in [4.69, 9.17) is 0 Å². The summed E-state index contributed by atoms with van der Waals surface area (Å²) in [6.45, 7) is 2.08. The molecule has 0 aromatic heterocycles. The highest BCUT2D eigenvalue weighted by molar-refractivity contribution is 7.99. The third-order valence-electron chi connectivity index (χ3n) is 2.54. The number of aryl methyl sites for hydroxylation is 1. The molecular formula is C12H15NOS. The van der Waals surface area contributed by atoms with Gasteiger partial charge in [0.25, 0.3) is 0 Å². The van der Waals surface area contributed by atoms with Crippen molar-refractivity contribution >= 4 is 17.7 Å². The fraction of sp³-hybridized carbons (Fsp3) is 0.417. The van der Waals surface area contributed by atoms with Gasteiger partial charge in [-0.2, -0.15) is 11.8 Å². The van der Waals surface area contributed by atoms with Crippen molar-refractivity contribution in [2.45, 2.75) is 19.4 Å². The number of carbonyl (C=O) groups is 1. The Morgan fingerprint density at radius 3 is 3.13 bits per heavy atom. The van der Waals surface area contributed by atoms with Crippen LogP contribution >= 0.6 is 11.8 Å². The van der Waals surface area contributed by atoms with Crippen LogP contribution in [0.5, 0.6) is 0 Å². The summed E-state index contributed by atoms with van der Waals surface area (Å²) < 4.78 is 0. The van der Waals surface area contributed by atoms with Crippen molar-refractivity contribution in [1.29, 1.82) is 0 Å². The van der Waals surface area contributed by atoms with E-state index >= 15 is 0 Å². The van der Waals surface area contributed by atoms with E-state index in [9.17, 15) is 4.79 Å². The van der Waals surface area contributed by atoms with Gasteiger partial charge in [0.1, 0.15) is 0 Å². The third-order valence-corrected chi connectivity index (χ3v) is 3.60. The molecule has 1 aromatic rings. The van der Waals surface area contributed by atoms with Crippen LogP contribution in [0.4, 0.5) is 0 Å². The number of benzene rings is 1. The van der Waals surface area contributed by atoms with Gasteiger partial charge in [0.15, 0.2) is 0 Å². The van der Waals surface area contributed by atoms with Crippen LogP contribution in [-0.4, -0.2) is 17.4 Å². The summed E-state index contributed by atoms with van der Waals surface area (Å²) in [6.07, 6.45) is 0.646. The van der Waals surface area contributed by atoms with Crippen molar-refractivity contribution < 1.29 is 4.79 Å². The summed E-state index contributed by atoms with van der Waals surface area (Å²) in [5.41, 5.74) is 2.47. The normalized spacial score (nSPS) is 21.9.